The number of halogens is 1. The van der Waals surface area contributed by atoms with E-state index in [0.29, 0.717) is 28.3 Å². The van der Waals surface area contributed by atoms with Gasteiger partial charge in [-0.2, -0.15) is 0 Å². The summed E-state index contributed by atoms with van der Waals surface area (Å²) in [4.78, 5) is 17.8. The summed E-state index contributed by atoms with van der Waals surface area (Å²) >= 11 is 2.68. The maximum absolute atomic E-state index is 14.1. The lowest BCUT2D eigenvalue weighted by atomic mass is 10.3. The van der Waals surface area contributed by atoms with Crippen molar-refractivity contribution in [3.8, 4) is 0 Å². The van der Waals surface area contributed by atoms with Crippen molar-refractivity contribution in [1.29, 1.82) is 0 Å². The molecule has 26 heavy (non-hydrogen) atoms. The summed E-state index contributed by atoms with van der Waals surface area (Å²) in [6, 6.07) is 6.12. The first kappa shape index (κ1) is 18.3. The van der Waals surface area contributed by atoms with Crippen molar-refractivity contribution >= 4 is 39.8 Å². The number of carbonyl (C=O) groups excluding carboxylic acids is 1. The van der Waals surface area contributed by atoms with Crippen LogP contribution in [0.15, 0.2) is 34.8 Å². The number of aromatic nitrogens is 4. The van der Waals surface area contributed by atoms with Gasteiger partial charge < -0.3 is 5.84 Å². The Bertz CT molecular complexity index is 925. The van der Waals surface area contributed by atoms with Crippen molar-refractivity contribution < 1.29 is 9.18 Å². The highest BCUT2D eigenvalue weighted by Gasteiger charge is 2.21. The van der Waals surface area contributed by atoms with Gasteiger partial charge in [0.15, 0.2) is 11.0 Å². The van der Waals surface area contributed by atoms with E-state index in [0.717, 1.165) is 5.69 Å². The van der Waals surface area contributed by atoms with Crippen LogP contribution in [0, 0.1) is 5.82 Å². The van der Waals surface area contributed by atoms with E-state index in [1.165, 1.54) is 45.7 Å². The molecule has 136 valence electrons. The van der Waals surface area contributed by atoms with Gasteiger partial charge in [-0.05, 0) is 12.1 Å². The molecule has 0 bridgehead atoms. The number of hydrogen-bond donors (Lipinski definition) is 1. The summed E-state index contributed by atoms with van der Waals surface area (Å²) in [6.07, 6.45) is 0.696. The number of anilines is 2. The van der Waals surface area contributed by atoms with E-state index in [9.17, 15) is 9.18 Å². The molecule has 0 saturated heterocycles. The minimum absolute atomic E-state index is 0.183. The average molecular weight is 392 g/mol. The number of amides is 1. The number of para-hydroxylation sites is 1. The molecule has 3 rings (SSSR count). The molecule has 0 unspecified atom stereocenters. The average Bonchev–Trinajstić information content (AvgIpc) is 3.21. The van der Waals surface area contributed by atoms with Crippen LogP contribution in [-0.4, -0.2) is 25.8 Å². The SMILES string of the molecule is CCc1nnc(SCc2csc(N(C(C)=O)c3ccccc3F)n2)n1N. The molecule has 10 heteroatoms. The Morgan fingerprint density at radius 2 is 2.15 bits per heavy atom. The van der Waals surface area contributed by atoms with Crippen LogP contribution in [0.2, 0.25) is 0 Å². The number of nitrogens with two attached hydrogens (primary N) is 1. The summed E-state index contributed by atoms with van der Waals surface area (Å²) < 4.78 is 15.5. The van der Waals surface area contributed by atoms with Crippen LogP contribution in [0.5, 0.6) is 0 Å². The van der Waals surface area contributed by atoms with Gasteiger partial charge in [0.2, 0.25) is 11.1 Å². The van der Waals surface area contributed by atoms with Crippen molar-refractivity contribution in [2.75, 3.05) is 10.7 Å². The van der Waals surface area contributed by atoms with Gasteiger partial charge in [0, 0.05) is 24.5 Å². The van der Waals surface area contributed by atoms with E-state index in [4.69, 9.17) is 5.84 Å². The van der Waals surface area contributed by atoms with Crippen LogP contribution >= 0.6 is 23.1 Å². The fourth-order valence-corrected chi connectivity index (χ4v) is 4.04. The molecule has 0 spiro atoms. The maximum Gasteiger partial charge on any atom is 0.230 e. The number of hydrogen-bond acceptors (Lipinski definition) is 7. The predicted molar refractivity (Wildman–Crippen MR) is 100 cm³/mol. The van der Waals surface area contributed by atoms with Crippen molar-refractivity contribution in [2.24, 2.45) is 0 Å². The lowest BCUT2D eigenvalue weighted by molar-refractivity contribution is -0.115. The number of thioether (sulfide) groups is 1. The number of benzene rings is 1. The number of rotatable bonds is 6. The van der Waals surface area contributed by atoms with Gasteiger partial charge in [-0.3, -0.25) is 9.69 Å². The molecule has 7 nitrogen and oxygen atoms in total. The lowest BCUT2D eigenvalue weighted by Crippen LogP contribution is -2.23. The van der Waals surface area contributed by atoms with E-state index in [-0.39, 0.29) is 11.6 Å². The van der Waals surface area contributed by atoms with Crippen molar-refractivity contribution in [3.63, 3.8) is 0 Å². The fourth-order valence-electron chi connectivity index (χ4n) is 2.29. The largest absolute Gasteiger partial charge is 0.336 e. The van der Waals surface area contributed by atoms with Crippen LogP contribution in [-0.2, 0) is 17.0 Å². The second-order valence-corrected chi connectivity index (χ2v) is 7.12. The first-order valence-corrected chi connectivity index (χ1v) is 9.69. The van der Waals surface area contributed by atoms with Gasteiger partial charge in [-0.15, -0.1) is 21.5 Å². The zero-order chi connectivity index (χ0) is 18.7. The minimum atomic E-state index is -0.475. The third kappa shape index (κ3) is 3.70. The van der Waals surface area contributed by atoms with Crippen molar-refractivity contribution in [1.82, 2.24) is 19.9 Å². The molecule has 0 radical (unpaired) electrons. The van der Waals surface area contributed by atoms with Gasteiger partial charge >= 0.3 is 0 Å². The Morgan fingerprint density at radius 3 is 2.81 bits per heavy atom. The molecule has 2 N–H and O–H groups in total. The highest BCUT2D eigenvalue weighted by atomic mass is 32.2. The smallest absolute Gasteiger partial charge is 0.230 e. The second-order valence-electron chi connectivity index (χ2n) is 5.34. The molecule has 1 amide bonds. The van der Waals surface area contributed by atoms with Crippen LogP contribution in [0.3, 0.4) is 0 Å². The van der Waals surface area contributed by atoms with Gasteiger partial charge in [0.1, 0.15) is 5.82 Å². The topological polar surface area (TPSA) is 89.9 Å². The van der Waals surface area contributed by atoms with Gasteiger partial charge in [0.05, 0.1) is 11.4 Å². The molecule has 2 heterocycles. The van der Waals surface area contributed by atoms with Crippen molar-refractivity contribution in [2.45, 2.75) is 31.2 Å². The standard InChI is InChI=1S/C16H17FN6OS2/c1-3-14-20-21-16(23(14)18)26-9-11-8-25-15(19-11)22(10(2)24)13-7-5-4-6-12(13)17/h4-8H,3,9,18H2,1-2H3. The Balaban J connectivity index is 1.78. The summed E-state index contributed by atoms with van der Waals surface area (Å²) in [6.45, 7) is 3.33. The van der Waals surface area contributed by atoms with E-state index in [1.54, 1.807) is 18.2 Å². The molecule has 0 aliphatic heterocycles. The van der Waals surface area contributed by atoms with Crippen LogP contribution in [0.4, 0.5) is 15.2 Å². The molecule has 0 saturated carbocycles. The summed E-state index contributed by atoms with van der Waals surface area (Å²) in [7, 11) is 0. The third-order valence-electron chi connectivity index (χ3n) is 3.54. The first-order valence-electron chi connectivity index (χ1n) is 7.83. The van der Waals surface area contributed by atoms with Crippen molar-refractivity contribution in [3.05, 3.63) is 47.0 Å². The van der Waals surface area contributed by atoms with E-state index in [1.807, 2.05) is 12.3 Å². The molecule has 0 fully saturated rings. The number of nitrogens with zero attached hydrogens (tertiary/aromatic N) is 5. The maximum atomic E-state index is 14.1. The Labute approximate surface area is 158 Å². The number of nitrogen functional groups attached to an aromatic ring is 1. The molecule has 1 aromatic carbocycles. The molecule has 2 aromatic heterocycles. The normalized spacial score (nSPS) is 10.9. The summed E-state index contributed by atoms with van der Waals surface area (Å²) in [5.41, 5.74) is 0.932. The molecule has 3 aromatic rings. The van der Waals surface area contributed by atoms with E-state index >= 15 is 0 Å². The lowest BCUT2D eigenvalue weighted by Gasteiger charge is -2.18. The quantitative estimate of drug-likeness (QED) is 0.512. The first-order chi connectivity index (χ1) is 12.5. The van der Waals surface area contributed by atoms with Gasteiger partial charge in [0.25, 0.3) is 0 Å². The number of carbonyl (C=O) groups is 1. The Hall–Kier alpha value is -2.46. The van der Waals surface area contributed by atoms with E-state index in [2.05, 4.69) is 15.2 Å². The van der Waals surface area contributed by atoms with Crippen LogP contribution < -0.4 is 10.7 Å². The zero-order valence-electron chi connectivity index (χ0n) is 14.2. The summed E-state index contributed by atoms with van der Waals surface area (Å²) in [5, 5.41) is 10.9. The van der Waals surface area contributed by atoms with E-state index < -0.39 is 5.82 Å². The monoisotopic (exact) mass is 392 g/mol. The van der Waals surface area contributed by atoms with Gasteiger partial charge in [-0.1, -0.05) is 30.8 Å². The highest BCUT2D eigenvalue weighted by molar-refractivity contribution is 7.98. The number of thiazole rings is 1. The molecular weight excluding hydrogens is 375 g/mol. The highest BCUT2D eigenvalue weighted by Crippen LogP contribution is 2.32. The molecule has 0 aliphatic carbocycles. The Morgan fingerprint density at radius 1 is 1.38 bits per heavy atom. The minimum Gasteiger partial charge on any atom is -0.336 e. The third-order valence-corrected chi connectivity index (χ3v) is 5.39. The number of aryl methyl sites for hydroxylation is 1. The summed E-state index contributed by atoms with van der Waals surface area (Å²) in [5.74, 6) is 6.35. The molecular formula is C16H17FN6OS2. The second kappa shape index (κ2) is 7.83. The fraction of sp³-hybridized carbons (Fsp3) is 0.250. The van der Waals surface area contributed by atoms with Crippen LogP contribution in [0.1, 0.15) is 25.4 Å². The zero-order valence-corrected chi connectivity index (χ0v) is 15.9. The Kier molecular flexibility index (Phi) is 5.52. The molecule has 0 atom stereocenters. The van der Waals surface area contributed by atoms with Gasteiger partial charge in [-0.25, -0.2) is 14.1 Å². The predicted octanol–water partition coefficient (Wildman–Crippen LogP) is 3.13. The van der Waals surface area contributed by atoms with Crippen LogP contribution in [0.25, 0.3) is 0 Å². The molecule has 0 aliphatic rings.